The minimum Gasteiger partial charge on any atom is -0.311 e. The van der Waals surface area contributed by atoms with Gasteiger partial charge in [-0.1, -0.05) is 23.7 Å². The Hall–Kier alpha value is -1.12. The Kier molecular flexibility index (Phi) is 2.87. The maximum Gasteiger partial charge on any atom is 0.0767 e. The largest absolute Gasteiger partial charge is 0.311 e. The number of aromatic nitrogens is 1. The normalized spacial score (nSPS) is 12.0. The van der Waals surface area contributed by atoms with Gasteiger partial charge in [0.15, 0.2) is 0 Å². The number of halogens is 1. The molecule has 0 amide bonds. The first kappa shape index (κ1) is 11.4. The molecule has 16 heavy (non-hydrogen) atoms. The number of hydrogen-bond donors (Lipinski definition) is 1. The van der Waals surface area contributed by atoms with E-state index in [1.165, 1.54) is 0 Å². The van der Waals surface area contributed by atoms with Gasteiger partial charge in [0, 0.05) is 27.7 Å². The maximum atomic E-state index is 6.29. The first-order valence-corrected chi connectivity index (χ1v) is 5.66. The number of pyridine rings is 1. The lowest BCUT2D eigenvalue weighted by Crippen LogP contribution is -2.33. The van der Waals surface area contributed by atoms with Crippen LogP contribution in [-0.2, 0) is 5.54 Å². The molecule has 0 aliphatic heterocycles. The Morgan fingerprint density at radius 3 is 2.69 bits per heavy atom. The smallest absolute Gasteiger partial charge is 0.0767 e. The average molecular weight is 235 g/mol. The molecule has 84 valence electrons. The van der Waals surface area contributed by atoms with Crippen LogP contribution in [0.4, 0.5) is 0 Å². The van der Waals surface area contributed by atoms with Gasteiger partial charge in [0.2, 0.25) is 0 Å². The summed E-state index contributed by atoms with van der Waals surface area (Å²) in [6, 6.07) is 7.92. The van der Waals surface area contributed by atoms with Crippen LogP contribution in [0.5, 0.6) is 0 Å². The van der Waals surface area contributed by atoms with E-state index in [-0.39, 0.29) is 5.54 Å². The van der Waals surface area contributed by atoms with E-state index in [1.54, 1.807) is 6.20 Å². The van der Waals surface area contributed by atoms with E-state index in [0.717, 1.165) is 21.5 Å². The molecule has 1 heterocycles. The third-order valence-electron chi connectivity index (χ3n) is 2.97. The first-order chi connectivity index (χ1) is 7.56. The fraction of sp³-hybridized carbons (Fsp3) is 0.308. The van der Waals surface area contributed by atoms with Crippen LogP contribution < -0.4 is 5.32 Å². The van der Waals surface area contributed by atoms with Crippen LogP contribution >= 0.6 is 11.6 Å². The van der Waals surface area contributed by atoms with Gasteiger partial charge >= 0.3 is 0 Å². The van der Waals surface area contributed by atoms with E-state index in [2.05, 4.69) is 24.1 Å². The molecule has 0 bridgehead atoms. The van der Waals surface area contributed by atoms with Gasteiger partial charge in [-0.25, -0.2) is 0 Å². The highest BCUT2D eigenvalue weighted by Crippen LogP contribution is 2.33. The average Bonchev–Trinajstić information content (AvgIpc) is 2.28. The van der Waals surface area contributed by atoms with Gasteiger partial charge in [-0.3, -0.25) is 4.98 Å². The van der Waals surface area contributed by atoms with Crippen LogP contribution in [0.25, 0.3) is 10.9 Å². The minimum absolute atomic E-state index is 0.190. The molecular formula is C13H15ClN2. The zero-order valence-electron chi connectivity index (χ0n) is 9.71. The van der Waals surface area contributed by atoms with Gasteiger partial charge < -0.3 is 5.32 Å². The van der Waals surface area contributed by atoms with Gasteiger partial charge in [-0.05, 0) is 33.0 Å². The molecule has 0 saturated heterocycles. The van der Waals surface area contributed by atoms with E-state index in [0.29, 0.717) is 0 Å². The Bertz CT molecular complexity index is 520. The summed E-state index contributed by atoms with van der Waals surface area (Å²) in [6.07, 6.45) is 1.80. The Balaban J connectivity index is 2.81. The SMILES string of the molecule is CNC(C)(C)c1c(Cl)ccc2cccnc12. The van der Waals surface area contributed by atoms with Crippen LogP contribution in [0.2, 0.25) is 5.02 Å². The number of fused-ring (bicyclic) bond motifs is 1. The molecule has 0 radical (unpaired) electrons. The molecule has 0 saturated carbocycles. The molecule has 0 unspecified atom stereocenters. The standard InChI is InChI=1S/C13H15ClN2/c1-13(2,15-3)11-10(14)7-6-9-5-4-8-16-12(9)11/h4-8,15H,1-3H3. The highest BCUT2D eigenvalue weighted by molar-refractivity contribution is 6.32. The molecule has 2 aromatic rings. The maximum absolute atomic E-state index is 6.29. The Labute approximate surface area is 101 Å². The lowest BCUT2D eigenvalue weighted by molar-refractivity contribution is 0.448. The zero-order valence-corrected chi connectivity index (χ0v) is 10.5. The number of nitrogens with one attached hydrogen (secondary N) is 1. The van der Waals surface area contributed by atoms with E-state index < -0.39 is 0 Å². The van der Waals surface area contributed by atoms with E-state index in [1.807, 2.05) is 31.3 Å². The van der Waals surface area contributed by atoms with Crippen molar-refractivity contribution in [2.24, 2.45) is 0 Å². The van der Waals surface area contributed by atoms with E-state index >= 15 is 0 Å². The van der Waals surface area contributed by atoms with Crippen molar-refractivity contribution in [1.29, 1.82) is 0 Å². The van der Waals surface area contributed by atoms with Crippen molar-refractivity contribution >= 4 is 22.5 Å². The summed E-state index contributed by atoms with van der Waals surface area (Å²) < 4.78 is 0. The van der Waals surface area contributed by atoms with Gasteiger partial charge in [0.1, 0.15) is 0 Å². The summed E-state index contributed by atoms with van der Waals surface area (Å²) in [4.78, 5) is 4.43. The second-order valence-electron chi connectivity index (χ2n) is 4.37. The van der Waals surface area contributed by atoms with E-state index in [9.17, 15) is 0 Å². The van der Waals surface area contributed by atoms with Crippen LogP contribution in [0.15, 0.2) is 30.5 Å². The van der Waals surface area contributed by atoms with Gasteiger partial charge in [-0.2, -0.15) is 0 Å². The summed E-state index contributed by atoms with van der Waals surface area (Å²) in [5.74, 6) is 0. The molecule has 0 fully saturated rings. The van der Waals surface area contributed by atoms with Crippen molar-refractivity contribution < 1.29 is 0 Å². The summed E-state index contributed by atoms with van der Waals surface area (Å²) in [7, 11) is 1.93. The van der Waals surface area contributed by atoms with Gasteiger partial charge in [-0.15, -0.1) is 0 Å². The molecule has 0 atom stereocenters. The molecule has 1 aromatic carbocycles. The fourth-order valence-corrected chi connectivity index (χ4v) is 2.23. The van der Waals surface area contributed by atoms with Crippen molar-refractivity contribution in [2.45, 2.75) is 19.4 Å². The molecule has 1 aromatic heterocycles. The third kappa shape index (κ3) is 1.79. The molecule has 0 spiro atoms. The second-order valence-corrected chi connectivity index (χ2v) is 4.78. The third-order valence-corrected chi connectivity index (χ3v) is 3.29. The highest BCUT2D eigenvalue weighted by atomic mass is 35.5. The van der Waals surface area contributed by atoms with Crippen LogP contribution in [0.3, 0.4) is 0 Å². The quantitative estimate of drug-likeness (QED) is 0.862. The van der Waals surface area contributed by atoms with Crippen molar-refractivity contribution in [3.63, 3.8) is 0 Å². The summed E-state index contributed by atoms with van der Waals surface area (Å²) in [5.41, 5.74) is 1.83. The zero-order chi connectivity index (χ0) is 11.8. The first-order valence-electron chi connectivity index (χ1n) is 5.29. The summed E-state index contributed by atoms with van der Waals surface area (Å²) in [5, 5.41) is 5.14. The molecule has 0 aliphatic rings. The number of hydrogen-bond acceptors (Lipinski definition) is 2. The number of rotatable bonds is 2. The van der Waals surface area contributed by atoms with Gasteiger partial charge in [0.25, 0.3) is 0 Å². The fourth-order valence-electron chi connectivity index (χ4n) is 1.84. The lowest BCUT2D eigenvalue weighted by Gasteiger charge is -2.26. The minimum atomic E-state index is -0.190. The molecule has 0 aliphatic carbocycles. The predicted octanol–water partition coefficient (Wildman–Crippen LogP) is 3.34. The van der Waals surface area contributed by atoms with Crippen molar-refractivity contribution in [2.75, 3.05) is 7.05 Å². The lowest BCUT2D eigenvalue weighted by atomic mass is 9.92. The van der Waals surface area contributed by atoms with Crippen molar-refractivity contribution in [3.8, 4) is 0 Å². The predicted molar refractivity (Wildman–Crippen MR) is 68.8 cm³/mol. The van der Waals surface area contributed by atoms with Crippen LogP contribution in [-0.4, -0.2) is 12.0 Å². The molecular weight excluding hydrogens is 220 g/mol. The molecule has 1 N–H and O–H groups in total. The van der Waals surface area contributed by atoms with Crippen LogP contribution in [0.1, 0.15) is 19.4 Å². The summed E-state index contributed by atoms with van der Waals surface area (Å²) >= 11 is 6.29. The van der Waals surface area contributed by atoms with Crippen LogP contribution in [0, 0.1) is 0 Å². The molecule has 2 nitrogen and oxygen atoms in total. The molecule has 2 rings (SSSR count). The summed E-state index contributed by atoms with van der Waals surface area (Å²) in [6.45, 7) is 4.20. The van der Waals surface area contributed by atoms with Gasteiger partial charge in [0.05, 0.1) is 5.52 Å². The Morgan fingerprint density at radius 1 is 1.25 bits per heavy atom. The monoisotopic (exact) mass is 234 g/mol. The van der Waals surface area contributed by atoms with Crippen molar-refractivity contribution in [1.82, 2.24) is 10.3 Å². The topological polar surface area (TPSA) is 24.9 Å². The van der Waals surface area contributed by atoms with Crippen molar-refractivity contribution in [3.05, 3.63) is 41.0 Å². The second kappa shape index (κ2) is 4.04. The molecule has 3 heteroatoms. The van der Waals surface area contributed by atoms with E-state index in [4.69, 9.17) is 11.6 Å². The highest BCUT2D eigenvalue weighted by Gasteiger charge is 2.24. The Morgan fingerprint density at radius 2 is 2.00 bits per heavy atom. The number of benzene rings is 1. The number of nitrogens with zero attached hydrogens (tertiary/aromatic N) is 1.